The summed E-state index contributed by atoms with van der Waals surface area (Å²) in [5.41, 5.74) is 0.732. The van der Waals surface area contributed by atoms with Crippen molar-refractivity contribution >= 4 is 8.32 Å². The first-order valence-corrected chi connectivity index (χ1v) is 17.2. The molecule has 1 saturated heterocycles. The van der Waals surface area contributed by atoms with E-state index in [-0.39, 0.29) is 23.8 Å². The largest absolute Gasteiger partial charge is 0.416 e. The molecule has 1 heterocycles. The third-order valence-electron chi connectivity index (χ3n) is 8.33. The van der Waals surface area contributed by atoms with E-state index in [0.29, 0.717) is 18.7 Å². The van der Waals surface area contributed by atoms with Gasteiger partial charge in [-0.05, 0) is 58.9 Å². The molecule has 230 valence electrons. The summed E-state index contributed by atoms with van der Waals surface area (Å²) in [6.07, 6.45) is -4.60. The predicted octanol–water partition coefficient (Wildman–Crippen LogP) is 7.92. The van der Waals surface area contributed by atoms with Crippen LogP contribution >= 0.6 is 0 Å². The molecule has 1 aliphatic heterocycles. The molecule has 0 saturated carbocycles. The average molecular weight is 614 g/mol. The molecule has 0 bridgehead atoms. The van der Waals surface area contributed by atoms with Gasteiger partial charge in [-0.25, -0.2) is 4.39 Å². The van der Waals surface area contributed by atoms with Gasteiger partial charge in [0, 0.05) is 13.1 Å². The minimum Gasteiger partial charge on any atom is -0.415 e. The number of alkyl halides is 3. The monoisotopic (exact) mass is 613 g/mol. The first-order chi connectivity index (χ1) is 20.1. The maximum atomic E-state index is 14.1. The second kappa shape index (κ2) is 12.9. The fraction of sp³-hybridized carbons (Fsp3) is 0.412. The number of hydrogen-bond acceptors (Lipinski definition) is 4. The number of nitrogens with zero attached hydrogens (tertiary/aromatic N) is 1. The second-order valence-corrected chi connectivity index (χ2v) is 17.2. The first-order valence-electron chi connectivity index (χ1n) is 14.3. The van der Waals surface area contributed by atoms with Crippen LogP contribution < -0.4 is 0 Å². The normalized spacial score (nSPS) is 20.7. The Balaban J connectivity index is 1.79. The third-order valence-corrected chi connectivity index (χ3v) is 12.8. The highest BCUT2D eigenvalue weighted by molar-refractivity contribution is 6.74. The zero-order valence-electron chi connectivity index (χ0n) is 25.2. The van der Waals surface area contributed by atoms with Gasteiger partial charge in [-0.1, -0.05) is 87.4 Å². The van der Waals surface area contributed by atoms with Crippen LogP contribution in [-0.4, -0.2) is 43.9 Å². The van der Waals surface area contributed by atoms with Crippen LogP contribution in [0.3, 0.4) is 0 Å². The van der Waals surface area contributed by atoms with E-state index >= 15 is 0 Å². The highest BCUT2D eigenvalue weighted by Gasteiger charge is 2.45. The number of benzene rings is 3. The molecule has 1 aliphatic rings. The number of hydrogen-bond donors (Lipinski definition) is 1. The van der Waals surface area contributed by atoms with Crippen molar-refractivity contribution in [2.45, 2.75) is 69.4 Å². The lowest BCUT2D eigenvalue weighted by Crippen LogP contribution is -2.53. The molecule has 4 rings (SSSR count). The van der Waals surface area contributed by atoms with Crippen molar-refractivity contribution in [1.82, 2.24) is 4.90 Å². The molecule has 0 aliphatic carbocycles. The van der Waals surface area contributed by atoms with Gasteiger partial charge < -0.3 is 14.3 Å². The van der Waals surface area contributed by atoms with Gasteiger partial charge in [0.05, 0.1) is 24.7 Å². The Morgan fingerprint density at radius 3 is 2.26 bits per heavy atom. The molecule has 3 atom stereocenters. The topological polar surface area (TPSA) is 41.9 Å². The summed E-state index contributed by atoms with van der Waals surface area (Å²) in [5, 5.41) is 11.8. The molecule has 1 fully saturated rings. The van der Waals surface area contributed by atoms with Crippen molar-refractivity contribution in [3.05, 3.63) is 107 Å². The summed E-state index contributed by atoms with van der Waals surface area (Å²) in [6.45, 7) is 11.2. The van der Waals surface area contributed by atoms with Gasteiger partial charge >= 0.3 is 6.18 Å². The van der Waals surface area contributed by atoms with Gasteiger partial charge in [0.2, 0.25) is 0 Å². The molecule has 0 aromatic heterocycles. The van der Waals surface area contributed by atoms with E-state index in [9.17, 15) is 22.7 Å². The van der Waals surface area contributed by atoms with Crippen LogP contribution in [0, 0.1) is 17.7 Å². The molecule has 0 radical (unpaired) electrons. The van der Waals surface area contributed by atoms with Crippen LogP contribution in [0.4, 0.5) is 17.6 Å². The maximum Gasteiger partial charge on any atom is 0.416 e. The van der Waals surface area contributed by atoms with Crippen molar-refractivity contribution in [1.29, 1.82) is 0 Å². The Bertz CT molecular complexity index is 1430. The van der Waals surface area contributed by atoms with Crippen LogP contribution in [0.15, 0.2) is 78.9 Å². The fourth-order valence-electron chi connectivity index (χ4n) is 4.92. The SMILES string of the molecule is CC(C)(C)[Si](C)(C)OCC(C#CC1(O)OCCN(Cc2ccccc2)C1c1ccc(F)cc1)c1ccccc1C(F)(F)F. The molecule has 3 aromatic carbocycles. The van der Waals surface area contributed by atoms with Gasteiger partial charge in [-0.2, -0.15) is 13.2 Å². The second-order valence-electron chi connectivity index (χ2n) is 12.4. The van der Waals surface area contributed by atoms with Gasteiger partial charge in [0.15, 0.2) is 8.32 Å². The Labute approximate surface area is 252 Å². The van der Waals surface area contributed by atoms with E-state index in [1.165, 1.54) is 24.3 Å². The van der Waals surface area contributed by atoms with E-state index in [4.69, 9.17) is 9.16 Å². The summed E-state index contributed by atoms with van der Waals surface area (Å²) >= 11 is 0. The Kier molecular flexibility index (Phi) is 9.89. The van der Waals surface area contributed by atoms with Crippen molar-refractivity contribution < 1.29 is 31.8 Å². The minimum atomic E-state index is -4.60. The molecular weight excluding hydrogens is 574 g/mol. The molecule has 3 unspecified atom stereocenters. The Morgan fingerprint density at radius 2 is 1.63 bits per heavy atom. The molecule has 9 heteroatoms. The van der Waals surface area contributed by atoms with Gasteiger partial charge in [-0.15, -0.1) is 0 Å². The highest BCUT2D eigenvalue weighted by atomic mass is 28.4. The van der Waals surface area contributed by atoms with Crippen LogP contribution in [-0.2, 0) is 21.9 Å². The lowest BCUT2D eigenvalue weighted by molar-refractivity contribution is -0.235. The van der Waals surface area contributed by atoms with E-state index < -0.39 is 43.6 Å². The average Bonchev–Trinajstić information content (AvgIpc) is 2.93. The quantitative estimate of drug-likeness (QED) is 0.167. The molecule has 43 heavy (non-hydrogen) atoms. The molecule has 1 N–H and O–H groups in total. The smallest absolute Gasteiger partial charge is 0.415 e. The number of halogens is 4. The summed E-state index contributed by atoms with van der Waals surface area (Å²) in [5.74, 6) is 2.27. The zero-order chi connectivity index (χ0) is 31.5. The van der Waals surface area contributed by atoms with E-state index in [0.717, 1.165) is 11.6 Å². The zero-order valence-corrected chi connectivity index (χ0v) is 26.2. The van der Waals surface area contributed by atoms with Crippen LogP contribution in [0.2, 0.25) is 18.1 Å². The molecule has 4 nitrogen and oxygen atoms in total. The Hall–Kier alpha value is -3.00. The molecule has 0 spiro atoms. The number of morpholine rings is 1. The third kappa shape index (κ3) is 7.94. The standard InChI is InChI=1S/C34H39F4NO3Si/c1-32(2,3)43(4,5)42-24-27(29-13-9-10-14-30(29)34(36,37)38)19-20-33(40)31(26-15-17-28(35)18-16-26)39(21-22-41-33)23-25-11-7-6-8-12-25/h6-18,27,31,40H,21-24H2,1-5H3. The van der Waals surface area contributed by atoms with Crippen molar-refractivity contribution in [2.24, 2.45) is 0 Å². The fourth-order valence-corrected chi connectivity index (χ4v) is 5.93. The van der Waals surface area contributed by atoms with Crippen LogP contribution in [0.25, 0.3) is 0 Å². The van der Waals surface area contributed by atoms with E-state index in [2.05, 4.69) is 32.6 Å². The lowest BCUT2D eigenvalue weighted by atomic mass is 9.91. The Morgan fingerprint density at radius 1 is 1.00 bits per heavy atom. The van der Waals surface area contributed by atoms with Crippen molar-refractivity contribution in [3.63, 3.8) is 0 Å². The molecule has 0 amide bonds. The maximum absolute atomic E-state index is 14.1. The van der Waals surface area contributed by atoms with Crippen molar-refractivity contribution in [3.8, 4) is 11.8 Å². The number of rotatable bonds is 7. The van der Waals surface area contributed by atoms with Crippen LogP contribution in [0.1, 0.15) is 55.0 Å². The summed E-state index contributed by atoms with van der Waals surface area (Å²) < 4.78 is 68.5. The number of aliphatic hydroxyl groups is 1. The minimum absolute atomic E-state index is 0.0277. The van der Waals surface area contributed by atoms with Gasteiger partial charge in [-0.3, -0.25) is 4.90 Å². The van der Waals surface area contributed by atoms with Crippen LogP contribution in [0.5, 0.6) is 0 Å². The molecular formula is C34H39F4NO3Si. The van der Waals surface area contributed by atoms with E-state index in [1.54, 1.807) is 18.2 Å². The molecule has 3 aromatic rings. The first kappa shape index (κ1) is 32.9. The highest BCUT2D eigenvalue weighted by Crippen LogP contribution is 2.40. The lowest BCUT2D eigenvalue weighted by Gasteiger charge is -2.44. The van der Waals surface area contributed by atoms with Gasteiger partial charge in [0.25, 0.3) is 5.79 Å². The summed E-state index contributed by atoms with van der Waals surface area (Å²) in [7, 11) is -2.36. The van der Waals surface area contributed by atoms with E-state index in [1.807, 2.05) is 48.3 Å². The summed E-state index contributed by atoms with van der Waals surface area (Å²) in [6, 6.07) is 19.9. The summed E-state index contributed by atoms with van der Waals surface area (Å²) in [4.78, 5) is 1.99. The predicted molar refractivity (Wildman–Crippen MR) is 162 cm³/mol. The number of ether oxygens (including phenoxy) is 1. The van der Waals surface area contributed by atoms with Gasteiger partial charge in [0.1, 0.15) is 11.9 Å². The van der Waals surface area contributed by atoms with Crippen molar-refractivity contribution in [2.75, 3.05) is 19.8 Å².